The van der Waals surface area contributed by atoms with Crippen LogP contribution in [-0.2, 0) is 6.54 Å². The topological polar surface area (TPSA) is 42.7 Å². The number of nitrogens with zero attached hydrogens (tertiary/aromatic N) is 3. The third-order valence-corrected chi connectivity index (χ3v) is 3.13. The lowest BCUT2D eigenvalue weighted by Crippen LogP contribution is -2.21. The van der Waals surface area contributed by atoms with Gasteiger partial charge in [0.25, 0.3) is 0 Å². The Morgan fingerprint density at radius 2 is 2.17 bits per heavy atom. The van der Waals surface area contributed by atoms with Crippen LogP contribution < -0.4 is 5.32 Å². The first kappa shape index (κ1) is 13.1. The Hall–Kier alpha value is -1.39. The van der Waals surface area contributed by atoms with Gasteiger partial charge in [-0.15, -0.1) is 5.10 Å². The molecule has 0 saturated heterocycles. The first-order chi connectivity index (χ1) is 8.58. The molecule has 4 nitrogen and oxygen atoms in total. The summed E-state index contributed by atoms with van der Waals surface area (Å²) in [5, 5.41) is 12.3. The first-order valence-electron chi connectivity index (χ1n) is 5.98. The quantitative estimate of drug-likeness (QED) is 0.923. The highest BCUT2D eigenvalue weighted by atomic mass is 35.5. The van der Waals surface area contributed by atoms with E-state index in [9.17, 15) is 0 Å². The summed E-state index contributed by atoms with van der Waals surface area (Å²) in [6.45, 7) is 6.90. The minimum absolute atomic E-state index is 0.433. The summed E-state index contributed by atoms with van der Waals surface area (Å²) in [7, 11) is 0. The highest BCUT2D eigenvalue weighted by Crippen LogP contribution is 2.21. The smallest absolute Gasteiger partial charge is 0.0969 e. The molecule has 96 valence electrons. The third kappa shape index (κ3) is 2.89. The van der Waals surface area contributed by atoms with Crippen molar-refractivity contribution in [1.82, 2.24) is 20.3 Å². The van der Waals surface area contributed by atoms with E-state index >= 15 is 0 Å². The molecule has 2 aromatic rings. The standard InChI is InChI=1S/C13H17ClN4/c1-9(2)15-7-11-8-18(17-16-11)13-6-4-5-12(14)10(13)3/h4-6,8-9,15H,7H2,1-3H3. The van der Waals surface area contributed by atoms with Crippen LogP contribution in [0.25, 0.3) is 5.69 Å². The van der Waals surface area contributed by atoms with Gasteiger partial charge in [-0.2, -0.15) is 0 Å². The fourth-order valence-corrected chi connectivity index (χ4v) is 1.82. The van der Waals surface area contributed by atoms with Crippen molar-refractivity contribution in [2.45, 2.75) is 33.4 Å². The molecule has 1 N–H and O–H groups in total. The van der Waals surface area contributed by atoms with Gasteiger partial charge in [0.05, 0.1) is 17.6 Å². The van der Waals surface area contributed by atoms with Crippen molar-refractivity contribution in [3.05, 3.63) is 40.7 Å². The van der Waals surface area contributed by atoms with Crippen molar-refractivity contribution in [1.29, 1.82) is 0 Å². The van der Waals surface area contributed by atoms with Gasteiger partial charge in [0, 0.05) is 17.6 Å². The molecule has 0 aliphatic heterocycles. The number of hydrogen-bond donors (Lipinski definition) is 1. The number of halogens is 1. The second-order valence-corrected chi connectivity index (χ2v) is 4.98. The molecule has 0 unspecified atom stereocenters. The Kier molecular flexibility index (Phi) is 3.99. The Balaban J connectivity index is 2.21. The van der Waals surface area contributed by atoms with Crippen LogP contribution in [0.1, 0.15) is 25.1 Å². The SMILES string of the molecule is Cc1c(Cl)cccc1-n1cc(CNC(C)C)nn1. The van der Waals surface area contributed by atoms with E-state index in [-0.39, 0.29) is 0 Å². The lowest BCUT2D eigenvalue weighted by molar-refractivity contribution is 0.580. The Morgan fingerprint density at radius 1 is 1.39 bits per heavy atom. The molecule has 1 heterocycles. The summed E-state index contributed by atoms with van der Waals surface area (Å²) >= 11 is 6.10. The van der Waals surface area contributed by atoms with Gasteiger partial charge >= 0.3 is 0 Å². The van der Waals surface area contributed by atoms with Gasteiger partial charge < -0.3 is 5.32 Å². The van der Waals surface area contributed by atoms with E-state index in [1.807, 2.05) is 31.3 Å². The van der Waals surface area contributed by atoms with Crippen LogP contribution in [-0.4, -0.2) is 21.0 Å². The highest BCUT2D eigenvalue weighted by molar-refractivity contribution is 6.31. The lowest BCUT2D eigenvalue weighted by atomic mass is 10.2. The van der Waals surface area contributed by atoms with Gasteiger partial charge in [0.15, 0.2) is 0 Å². The zero-order valence-corrected chi connectivity index (χ0v) is 11.6. The van der Waals surface area contributed by atoms with Crippen molar-refractivity contribution < 1.29 is 0 Å². The highest BCUT2D eigenvalue weighted by Gasteiger charge is 2.07. The van der Waals surface area contributed by atoms with E-state index in [1.54, 1.807) is 4.68 Å². The van der Waals surface area contributed by atoms with E-state index in [1.165, 1.54) is 0 Å². The molecule has 0 saturated carbocycles. The minimum atomic E-state index is 0.433. The second kappa shape index (κ2) is 5.50. The average molecular weight is 265 g/mol. The Bertz CT molecular complexity index is 534. The first-order valence-corrected chi connectivity index (χ1v) is 6.36. The largest absolute Gasteiger partial charge is 0.309 e. The van der Waals surface area contributed by atoms with E-state index in [2.05, 4.69) is 29.5 Å². The maximum atomic E-state index is 6.10. The molecule has 0 atom stereocenters. The predicted octanol–water partition coefficient (Wildman–Crippen LogP) is 2.73. The molecule has 1 aromatic carbocycles. The number of benzene rings is 1. The zero-order chi connectivity index (χ0) is 13.1. The van der Waals surface area contributed by atoms with Crippen molar-refractivity contribution in [2.24, 2.45) is 0 Å². The van der Waals surface area contributed by atoms with Gasteiger partial charge in [0.1, 0.15) is 0 Å². The zero-order valence-electron chi connectivity index (χ0n) is 10.8. The molecule has 0 fully saturated rings. The monoisotopic (exact) mass is 264 g/mol. The van der Waals surface area contributed by atoms with Crippen LogP contribution in [0.3, 0.4) is 0 Å². The van der Waals surface area contributed by atoms with E-state index < -0.39 is 0 Å². The second-order valence-electron chi connectivity index (χ2n) is 4.57. The summed E-state index contributed by atoms with van der Waals surface area (Å²) in [6, 6.07) is 6.20. The Morgan fingerprint density at radius 3 is 2.89 bits per heavy atom. The van der Waals surface area contributed by atoms with Gasteiger partial charge in [-0.05, 0) is 24.6 Å². The summed E-state index contributed by atoms with van der Waals surface area (Å²) < 4.78 is 1.76. The summed E-state index contributed by atoms with van der Waals surface area (Å²) in [6.07, 6.45) is 1.92. The molecule has 0 radical (unpaired) electrons. The average Bonchev–Trinajstić information content (AvgIpc) is 2.78. The van der Waals surface area contributed by atoms with Crippen molar-refractivity contribution in [2.75, 3.05) is 0 Å². The number of aromatic nitrogens is 3. The van der Waals surface area contributed by atoms with Gasteiger partial charge in [-0.25, -0.2) is 4.68 Å². The molecule has 0 aliphatic carbocycles. The molecule has 1 aromatic heterocycles. The van der Waals surface area contributed by atoms with Crippen LogP contribution in [0.15, 0.2) is 24.4 Å². The maximum absolute atomic E-state index is 6.10. The van der Waals surface area contributed by atoms with Crippen LogP contribution in [0.4, 0.5) is 0 Å². The molecule has 2 rings (SSSR count). The van der Waals surface area contributed by atoms with Gasteiger partial charge in [0.2, 0.25) is 0 Å². The van der Waals surface area contributed by atoms with Crippen LogP contribution in [0, 0.1) is 6.92 Å². The van der Waals surface area contributed by atoms with Crippen molar-refractivity contribution in [3.8, 4) is 5.69 Å². The molecule has 5 heteroatoms. The van der Waals surface area contributed by atoms with Crippen molar-refractivity contribution >= 4 is 11.6 Å². The molecular weight excluding hydrogens is 248 g/mol. The molecule has 18 heavy (non-hydrogen) atoms. The summed E-state index contributed by atoms with van der Waals surface area (Å²) in [5.41, 5.74) is 2.89. The normalized spacial score (nSPS) is 11.2. The summed E-state index contributed by atoms with van der Waals surface area (Å²) in [5.74, 6) is 0. The van der Waals surface area contributed by atoms with Crippen LogP contribution in [0.2, 0.25) is 5.02 Å². The number of nitrogens with one attached hydrogen (secondary N) is 1. The molecule has 0 aliphatic rings. The number of hydrogen-bond acceptors (Lipinski definition) is 3. The fourth-order valence-electron chi connectivity index (χ4n) is 1.65. The summed E-state index contributed by atoms with van der Waals surface area (Å²) in [4.78, 5) is 0. The van der Waals surface area contributed by atoms with E-state index in [0.717, 1.165) is 28.5 Å². The van der Waals surface area contributed by atoms with Crippen LogP contribution in [0.5, 0.6) is 0 Å². The lowest BCUT2D eigenvalue weighted by Gasteiger charge is -2.06. The van der Waals surface area contributed by atoms with E-state index in [0.29, 0.717) is 6.04 Å². The molecule has 0 bridgehead atoms. The van der Waals surface area contributed by atoms with Crippen LogP contribution >= 0.6 is 11.6 Å². The fraction of sp³-hybridized carbons (Fsp3) is 0.385. The molecule has 0 spiro atoms. The van der Waals surface area contributed by atoms with Gasteiger partial charge in [-0.3, -0.25) is 0 Å². The predicted molar refractivity (Wildman–Crippen MR) is 73.1 cm³/mol. The maximum Gasteiger partial charge on any atom is 0.0969 e. The van der Waals surface area contributed by atoms with Crippen molar-refractivity contribution in [3.63, 3.8) is 0 Å². The molecule has 0 amide bonds. The third-order valence-electron chi connectivity index (χ3n) is 2.72. The molecular formula is C13H17ClN4. The minimum Gasteiger partial charge on any atom is -0.309 e. The Labute approximate surface area is 112 Å². The van der Waals surface area contributed by atoms with E-state index in [4.69, 9.17) is 11.6 Å². The number of rotatable bonds is 4. The van der Waals surface area contributed by atoms with Gasteiger partial charge in [-0.1, -0.05) is 36.7 Å².